The predicted octanol–water partition coefficient (Wildman–Crippen LogP) is 3.26. The van der Waals surface area contributed by atoms with E-state index in [0.29, 0.717) is 12.2 Å². The second-order valence-electron chi connectivity index (χ2n) is 9.16. The van der Waals surface area contributed by atoms with Crippen molar-refractivity contribution >= 4 is 11.8 Å². The number of hydrogen-bond acceptors (Lipinski definition) is 5. The van der Waals surface area contributed by atoms with Crippen LogP contribution in [0, 0.1) is 6.92 Å². The lowest BCUT2D eigenvalue weighted by atomic mass is 10.1. The second-order valence-corrected chi connectivity index (χ2v) is 9.16. The van der Waals surface area contributed by atoms with Gasteiger partial charge in [-0.25, -0.2) is 0 Å². The van der Waals surface area contributed by atoms with Crippen molar-refractivity contribution in [2.75, 3.05) is 0 Å². The van der Waals surface area contributed by atoms with Gasteiger partial charge in [0.25, 0.3) is 0 Å². The highest BCUT2D eigenvalue weighted by molar-refractivity contribution is 5.88. The van der Waals surface area contributed by atoms with E-state index in [-0.39, 0.29) is 30.4 Å². The average molecular weight is 439 g/mol. The fraction of sp³-hybridized carbons (Fsp3) is 0.625. The molecule has 8 heteroatoms. The Balaban J connectivity index is 1.49. The fourth-order valence-corrected chi connectivity index (χ4v) is 5.02. The molecule has 2 aromatic rings. The third-order valence-corrected chi connectivity index (χ3v) is 6.77. The molecule has 2 amide bonds. The first kappa shape index (κ1) is 22.4. The molecule has 32 heavy (non-hydrogen) atoms. The monoisotopic (exact) mass is 438 g/mol. The van der Waals surface area contributed by atoms with E-state index >= 15 is 0 Å². The minimum atomic E-state index is -0.453. The number of carbonyl (C=O) groups excluding carboxylic acids is 2. The number of carbonyl (C=O) groups is 2. The van der Waals surface area contributed by atoms with E-state index in [4.69, 9.17) is 0 Å². The summed E-state index contributed by atoms with van der Waals surface area (Å²) in [7, 11) is 0. The largest absolute Gasteiger partial charge is 0.352 e. The topological polar surface area (TPSA) is 93.0 Å². The van der Waals surface area contributed by atoms with Crippen molar-refractivity contribution in [3.05, 3.63) is 29.8 Å². The van der Waals surface area contributed by atoms with Gasteiger partial charge in [-0.05, 0) is 44.2 Å². The van der Waals surface area contributed by atoms with Crippen LogP contribution in [0.3, 0.4) is 0 Å². The van der Waals surface area contributed by atoms with Crippen LogP contribution in [0.1, 0.15) is 70.3 Å². The fourth-order valence-electron chi connectivity index (χ4n) is 5.02. The normalized spacial score (nSPS) is 18.1. The molecule has 1 aromatic carbocycles. The van der Waals surface area contributed by atoms with Crippen LogP contribution in [-0.4, -0.2) is 55.0 Å². The number of nitrogens with zero attached hydrogens (tertiary/aromatic N) is 5. The highest BCUT2D eigenvalue weighted by atomic mass is 16.2. The molecule has 1 heterocycles. The molecule has 0 aliphatic heterocycles. The van der Waals surface area contributed by atoms with Crippen molar-refractivity contribution < 1.29 is 9.59 Å². The summed E-state index contributed by atoms with van der Waals surface area (Å²) in [5.41, 5.74) is 2.02. The molecule has 0 unspecified atom stereocenters. The maximum atomic E-state index is 13.4. The summed E-state index contributed by atoms with van der Waals surface area (Å²) in [6.07, 6.45) is 9.05. The van der Waals surface area contributed by atoms with Gasteiger partial charge in [-0.2, -0.15) is 4.80 Å². The van der Waals surface area contributed by atoms with Gasteiger partial charge in [0.1, 0.15) is 12.6 Å². The van der Waals surface area contributed by atoms with Crippen molar-refractivity contribution in [3.8, 4) is 11.4 Å². The third kappa shape index (κ3) is 5.16. The lowest BCUT2D eigenvalue weighted by Gasteiger charge is -2.35. The van der Waals surface area contributed by atoms with Gasteiger partial charge in [0.05, 0.1) is 0 Å². The molecule has 1 atom stereocenters. The van der Waals surface area contributed by atoms with Gasteiger partial charge in [0.15, 0.2) is 0 Å². The van der Waals surface area contributed by atoms with E-state index in [0.717, 1.165) is 62.5 Å². The molecule has 1 aromatic heterocycles. The quantitative estimate of drug-likeness (QED) is 0.683. The summed E-state index contributed by atoms with van der Waals surface area (Å²) in [4.78, 5) is 29.8. The number of nitrogens with one attached hydrogen (secondary N) is 1. The van der Waals surface area contributed by atoms with Crippen LogP contribution in [0.2, 0.25) is 0 Å². The predicted molar refractivity (Wildman–Crippen MR) is 122 cm³/mol. The molecule has 0 saturated heterocycles. The highest BCUT2D eigenvalue weighted by Gasteiger charge is 2.36. The molecule has 8 nitrogen and oxygen atoms in total. The Morgan fingerprint density at radius 3 is 2.41 bits per heavy atom. The summed E-state index contributed by atoms with van der Waals surface area (Å²) >= 11 is 0. The first-order valence-electron chi connectivity index (χ1n) is 12.0. The number of hydrogen-bond donors (Lipinski definition) is 1. The van der Waals surface area contributed by atoms with Crippen LogP contribution in [0.5, 0.6) is 0 Å². The SMILES string of the molecule is CC[C@@H](C(=O)NC1CCCC1)N(C(=O)Cn1nnc(-c2ccc(C)cc2)n1)C1CCCC1. The van der Waals surface area contributed by atoms with Crippen LogP contribution in [-0.2, 0) is 16.1 Å². The molecule has 2 fully saturated rings. The maximum Gasteiger partial charge on any atom is 0.247 e. The van der Waals surface area contributed by atoms with Crippen LogP contribution in [0.15, 0.2) is 24.3 Å². The van der Waals surface area contributed by atoms with Gasteiger partial charge in [0, 0.05) is 17.6 Å². The van der Waals surface area contributed by atoms with E-state index in [2.05, 4.69) is 20.7 Å². The van der Waals surface area contributed by atoms with Gasteiger partial charge >= 0.3 is 0 Å². The number of amides is 2. The zero-order valence-corrected chi connectivity index (χ0v) is 19.2. The third-order valence-electron chi connectivity index (χ3n) is 6.77. The number of tetrazole rings is 1. The summed E-state index contributed by atoms with van der Waals surface area (Å²) < 4.78 is 0. The second kappa shape index (κ2) is 10.2. The van der Waals surface area contributed by atoms with Gasteiger partial charge in [-0.1, -0.05) is 62.4 Å². The molecule has 1 N–H and O–H groups in total. The van der Waals surface area contributed by atoms with Crippen molar-refractivity contribution in [1.29, 1.82) is 0 Å². The lowest BCUT2D eigenvalue weighted by Crippen LogP contribution is -2.55. The standard InChI is InChI=1S/C24H34N6O2/c1-3-21(24(32)25-19-8-4-5-9-19)30(20-10-6-7-11-20)22(31)16-29-27-23(26-28-29)18-14-12-17(2)13-15-18/h12-15,19-21H,3-11,16H2,1-2H3,(H,25,32)/t21-/m0/s1. The molecule has 172 valence electrons. The van der Waals surface area contributed by atoms with Gasteiger partial charge < -0.3 is 10.2 Å². The van der Waals surface area contributed by atoms with E-state index in [1.54, 1.807) is 0 Å². The molecular weight excluding hydrogens is 404 g/mol. The molecule has 2 aliphatic carbocycles. The molecule has 0 radical (unpaired) electrons. The molecule has 0 spiro atoms. The summed E-state index contributed by atoms with van der Waals surface area (Å²) in [6, 6.07) is 7.78. The first-order valence-corrected chi connectivity index (χ1v) is 12.0. The number of benzene rings is 1. The highest BCUT2D eigenvalue weighted by Crippen LogP contribution is 2.27. The van der Waals surface area contributed by atoms with E-state index in [1.165, 1.54) is 4.80 Å². The minimum absolute atomic E-state index is 0.0113. The van der Waals surface area contributed by atoms with Gasteiger partial charge in [0.2, 0.25) is 17.6 Å². The Bertz CT molecular complexity index is 913. The molecule has 4 rings (SSSR count). The molecule has 0 bridgehead atoms. The van der Waals surface area contributed by atoms with Crippen molar-refractivity contribution in [1.82, 2.24) is 30.4 Å². The summed E-state index contributed by atoms with van der Waals surface area (Å²) in [6.45, 7) is 4.00. The first-order chi connectivity index (χ1) is 15.5. The van der Waals surface area contributed by atoms with E-state index < -0.39 is 6.04 Å². The van der Waals surface area contributed by atoms with Gasteiger partial charge in [-0.3, -0.25) is 9.59 Å². The molecule has 2 aliphatic rings. The Morgan fingerprint density at radius 2 is 1.75 bits per heavy atom. The Hall–Kier alpha value is -2.77. The Kier molecular flexibility index (Phi) is 7.17. The zero-order valence-electron chi connectivity index (χ0n) is 19.2. The number of aryl methyl sites for hydroxylation is 1. The number of aromatic nitrogens is 4. The maximum absolute atomic E-state index is 13.4. The summed E-state index contributed by atoms with van der Waals surface area (Å²) in [5, 5.41) is 15.8. The number of rotatable bonds is 8. The van der Waals surface area contributed by atoms with Crippen molar-refractivity contribution in [2.24, 2.45) is 0 Å². The van der Waals surface area contributed by atoms with Crippen molar-refractivity contribution in [2.45, 2.75) is 96.3 Å². The van der Waals surface area contributed by atoms with Crippen LogP contribution >= 0.6 is 0 Å². The van der Waals surface area contributed by atoms with Crippen molar-refractivity contribution in [3.63, 3.8) is 0 Å². The van der Waals surface area contributed by atoms with Crippen LogP contribution < -0.4 is 5.32 Å². The average Bonchev–Trinajstić information content (AvgIpc) is 3.55. The van der Waals surface area contributed by atoms with Crippen LogP contribution in [0.25, 0.3) is 11.4 Å². The smallest absolute Gasteiger partial charge is 0.247 e. The molecule has 2 saturated carbocycles. The van der Waals surface area contributed by atoms with E-state index in [9.17, 15) is 9.59 Å². The minimum Gasteiger partial charge on any atom is -0.352 e. The lowest BCUT2D eigenvalue weighted by molar-refractivity contribution is -0.144. The van der Waals surface area contributed by atoms with Crippen LogP contribution in [0.4, 0.5) is 0 Å². The van der Waals surface area contributed by atoms with E-state index in [1.807, 2.05) is 43.0 Å². The molecular formula is C24H34N6O2. The zero-order chi connectivity index (χ0) is 22.5. The van der Waals surface area contributed by atoms with Gasteiger partial charge in [-0.15, -0.1) is 10.2 Å². The Morgan fingerprint density at radius 1 is 1.09 bits per heavy atom. The summed E-state index contributed by atoms with van der Waals surface area (Å²) in [5.74, 6) is 0.362. The Labute approximate surface area is 189 Å².